The number of aromatic nitrogens is 2. The predicted octanol–water partition coefficient (Wildman–Crippen LogP) is 3.38. The summed E-state index contributed by atoms with van der Waals surface area (Å²) in [6.45, 7) is 5.40. The smallest absolute Gasteiger partial charge is 0.115 e. The maximum absolute atomic E-state index is 4.39. The molecule has 2 aromatic rings. The summed E-state index contributed by atoms with van der Waals surface area (Å²) in [7, 11) is 0. The number of rotatable bonds is 7. The summed E-state index contributed by atoms with van der Waals surface area (Å²) in [5, 5.41) is 3.58. The van der Waals surface area contributed by atoms with Crippen molar-refractivity contribution in [1.82, 2.24) is 15.3 Å². The highest BCUT2D eigenvalue weighted by molar-refractivity contribution is 7.11. The van der Waals surface area contributed by atoms with Gasteiger partial charge in [0.05, 0.1) is 11.7 Å². The van der Waals surface area contributed by atoms with Crippen LogP contribution < -0.4 is 5.32 Å². The fraction of sp³-hybridized carbons (Fsp3) is 0.467. The molecule has 4 heteroatoms. The fourth-order valence-electron chi connectivity index (χ4n) is 2.03. The van der Waals surface area contributed by atoms with Gasteiger partial charge in [0.15, 0.2) is 0 Å². The highest BCUT2D eigenvalue weighted by Crippen LogP contribution is 2.23. The van der Waals surface area contributed by atoms with Gasteiger partial charge in [-0.3, -0.25) is 0 Å². The lowest BCUT2D eigenvalue weighted by molar-refractivity contribution is 0.519. The van der Waals surface area contributed by atoms with Gasteiger partial charge >= 0.3 is 0 Å². The van der Waals surface area contributed by atoms with E-state index in [1.165, 1.54) is 9.75 Å². The lowest BCUT2D eigenvalue weighted by Gasteiger charge is -2.17. The molecule has 1 atom stereocenters. The molecule has 0 bridgehead atoms. The second kappa shape index (κ2) is 7.36. The van der Waals surface area contributed by atoms with Gasteiger partial charge in [0.1, 0.15) is 6.33 Å². The Morgan fingerprint density at radius 1 is 1.21 bits per heavy atom. The molecular formula is C15H21N3S. The topological polar surface area (TPSA) is 37.8 Å². The first kappa shape index (κ1) is 14.2. The standard InChI is InChI=1S/C15H21N3S/c1-3-8-17-15(14-7-9-16-11-18-14)10-13-6-5-12(4-2)19-13/h5-7,9,11,15,17H,3-4,8,10H2,1-2H3. The molecule has 0 saturated heterocycles. The average Bonchev–Trinajstić information content (AvgIpc) is 2.92. The molecule has 2 rings (SSSR count). The summed E-state index contributed by atoms with van der Waals surface area (Å²) >= 11 is 1.91. The molecule has 0 amide bonds. The third-order valence-corrected chi connectivity index (χ3v) is 4.33. The van der Waals surface area contributed by atoms with Crippen molar-refractivity contribution in [1.29, 1.82) is 0 Å². The molecule has 0 spiro atoms. The molecule has 0 aliphatic rings. The van der Waals surface area contributed by atoms with E-state index in [-0.39, 0.29) is 6.04 Å². The summed E-state index contributed by atoms with van der Waals surface area (Å²) in [4.78, 5) is 11.3. The Kier molecular flexibility index (Phi) is 5.48. The zero-order chi connectivity index (χ0) is 13.5. The Morgan fingerprint density at radius 2 is 2.05 bits per heavy atom. The van der Waals surface area contributed by atoms with Crippen LogP contribution in [-0.4, -0.2) is 16.5 Å². The number of nitrogens with zero attached hydrogens (tertiary/aromatic N) is 2. The Labute approximate surface area is 119 Å². The van der Waals surface area contributed by atoms with Gasteiger partial charge in [-0.1, -0.05) is 13.8 Å². The minimum Gasteiger partial charge on any atom is -0.308 e. The molecule has 102 valence electrons. The van der Waals surface area contributed by atoms with Crippen molar-refractivity contribution in [3.05, 3.63) is 46.2 Å². The predicted molar refractivity (Wildman–Crippen MR) is 80.5 cm³/mol. The number of hydrogen-bond acceptors (Lipinski definition) is 4. The third-order valence-electron chi connectivity index (χ3n) is 3.07. The van der Waals surface area contributed by atoms with Crippen LogP contribution in [0.5, 0.6) is 0 Å². The first-order valence-corrected chi connectivity index (χ1v) is 7.72. The Hall–Kier alpha value is -1.26. The number of thiophene rings is 1. The van der Waals surface area contributed by atoms with Crippen molar-refractivity contribution in [3.8, 4) is 0 Å². The molecule has 1 unspecified atom stereocenters. The molecule has 0 aromatic carbocycles. The quantitative estimate of drug-likeness (QED) is 0.841. The van der Waals surface area contributed by atoms with E-state index in [2.05, 4.69) is 41.3 Å². The Balaban J connectivity index is 2.09. The Morgan fingerprint density at radius 3 is 2.68 bits per heavy atom. The fourth-order valence-corrected chi connectivity index (χ4v) is 3.03. The average molecular weight is 275 g/mol. The zero-order valence-electron chi connectivity index (χ0n) is 11.6. The highest BCUT2D eigenvalue weighted by Gasteiger charge is 2.13. The SMILES string of the molecule is CCCNC(Cc1ccc(CC)s1)c1ccncn1. The van der Waals surface area contributed by atoms with E-state index in [0.29, 0.717) is 0 Å². The first-order chi connectivity index (χ1) is 9.33. The molecule has 2 aromatic heterocycles. The van der Waals surface area contributed by atoms with E-state index in [0.717, 1.165) is 31.5 Å². The van der Waals surface area contributed by atoms with E-state index in [1.807, 2.05) is 23.6 Å². The van der Waals surface area contributed by atoms with E-state index in [1.54, 1.807) is 6.33 Å². The molecule has 1 N–H and O–H groups in total. The number of nitrogens with one attached hydrogen (secondary N) is 1. The van der Waals surface area contributed by atoms with Crippen LogP contribution in [0.4, 0.5) is 0 Å². The minimum absolute atomic E-state index is 0.284. The van der Waals surface area contributed by atoms with Crippen LogP contribution in [-0.2, 0) is 12.8 Å². The van der Waals surface area contributed by atoms with Crippen LogP contribution in [0.2, 0.25) is 0 Å². The van der Waals surface area contributed by atoms with Crippen LogP contribution in [0, 0.1) is 0 Å². The van der Waals surface area contributed by atoms with Crippen molar-refractivity contribution in [2.75, 3.05) is 6.54 Å². The van der Waals surface area contributed by atoms with Crippen molar-refractivity contribution in [3.63, 3.8) is 0 Å². The highest BCUT2D eigenvalue weighted by atomic mass is 32.1. The molecule has 19 heavy (non-hydrogen) atoms. The third kappa shape index (κ3) is 4.11. The minimum atomic E-state index is 0.284. The molecular weight excluding hydrogens is 254 g/mol. The van der Waals surface area contributed by atoms with Crippen molar-refractivity contribution < 1.29 is 0 Å². The summed E-state index contributed by atoms with van der Waals surface area (Å²) in [5.41, 5.74) is 1.08. The number of hydrogen-bond donors (Lipinski definition) is 1. The van der Waals surface area contributed by atoms with Gasteiger partial charge in [0, 0.05) is 22.4 Å². The van der Waals surface area contributed by atoms with Gasteiger partial charge < -0.3 is 5.32 Å². The van der Waals surface area contributed by atoms with Crippen LogP contribution >= 0.6 is 11.3 Å². The van der Waals surface area contributed by atoms with E-state index in [4.69, 9.17) is 0 Å². The largest absolute Gasteiger partial charge is 0.308 e. The van der Waals surface area contributed by atoms with Gasteiger partial charge in [-0.15, -0.1) is 11.3 Å². The van der Waals surface area contributed by atoms with Crippen LogP contribution in [0.3, 0.4) is 0 Å². The first-order valence-electron chi connectivity index (χ1n) is 6.90. The van der Waals surface area contributed by atoms with Gasteiger partial charge in [-0.25, -0.2) is 9.97 Å². The lowest BCUT2D eigenvalue weighted by Crippen LogP contribution is -2.24. The molecule has 0 saturated carbocycles. The van der Waals surface area contributed by atoms with Crippen LogP contribution in [0.25, 0.3) is 0 Å². The van der Waals surface area contributed by atoms with Gasteiger partial charge in [-0.05, 0) is 37.6 Å². The second-order valence-corrected chi connectivity index (χ2v) is 5.82. The summed E-state index contributed by atoms with van der Waals surface area (Å²) in [6.07, 6.45) is 6.69. The van der Waals surface area contributed by atoms with Crippen molar-refractivity contribution in [2.45, 2.75) is 39.2 Å². The van der Waals surface area contributed by atoms with Crippen LogP contribution in [0.1, 0.15) is 41.8 Å². The van der Waals surface area contributed by atoms with E-state index in [9.17, 15) is 0 Å². The summed E-state index contributed by atoms with van der Waals surface area (Å²) in [5.74, 6) is 0. The monoisotopic (exact) mass is 275 g/mol. The molecule has 3 nitrogen and oxygen atoms in total. The second-order valence-electron chi connectivity index (χ2n) is 4.57. The molecule has 0 radical (unpaired) electrons. The zero-order valence-corrected chi connectivity index (χ0v) is 12.4. The van der Waals surface area contributed by atoms with Crippen molar-refractivity contribution in [2.24, 2.45) is 0 Å². The molecule has 0 aliphatic heterocycles. The lowest BCUT2D eigenvalue weighted by atomic mass is 10.1. The summed E-state index contributed by atoms with van der Waals surface area (Å²) < 4.78 is 0. The molecule has 2 heterocycles. The number of aryl methyl sites for hydroxylation is 1. The maximum atomic E-state index is 4.39. The van der Waals surface area contributed by atoms with Gasteiger partial charge in [0.25, 0.3) is 0 Å². The van der Waals surface area contributed by atoms with Gasteiger partial charge in [-0.2, -0.15) is 0 Å². The Bertz CT molecular complexity index is 481. The van der Waals surface area contributed by atoms with E-state index < -0.39 is 0 Å². The van der Waals surface area contributed by atoms with E-state index >= 15 is 0 Å². The van der Waals surface area contributed by atoms with Crippen LogP contribution in [0.15, 0.2) is 30.7 Å². The normalized spacial score (nSPS) is 12.5. The summed E-state index contributed by atoms with van der Waals surface area (Å²) in [6, 6.07) is 6.76. The van der Waals surface area contributed by atoms with Crippen molar-refractivity contribution >= 4 is 11.3 Å². The molecule has 0 fully saturated rings. The molecule has 0 aliphatic carbocycles. The maximum Gasteiger partial charge on any atom is 0.115 e. The van der Waals surface area contributed by atoms with Gasteiger partial charge in [0.2, 0.25) is 0 Å².